The average Bonchev–Trinajstić information content (AvgIpc) is 3.37. The molecule has 2 aromatic rings. The van der Waals surface area contributed by atoms with Crippen LogP contribution in [0, 0.1) is 0 Å². The molecular formula is C29H41Cl2SiZr. The number of unbranched alkanes of at least 4 members (excludes halogenated alkanes) is 3. The second-order valence-corrected chi connectivity index (χ2v) is 25.3. The molecule has 0 fully saturated rings. The fourth-order valence-electron chi connectivity index (χ4n) is 5.34. The van der Waals surface area contributed by atoms with Gasteiger partial charge in [-0.2, -0.15) is 0 Å². The number of fused-ring (bicyclic) bond motifs is 2. The van der Waals surface area contributed by atoms with E-state index >= 15 is 0 Å². The Bertz CT molecular complexity index is 848. The monoisotopic (exact) mass is 577 g/mol. The molecule has 0 radical (unpaired) electrons. The Labute approximate surface area is 225 Å². The Hall–Kier alpha value is -0.400. The van der Waals surface area contributed by atoms with Gasteiger partial charge in [-0.05, 0) is 0 Å². The van der Waals surface area contributed by atoms with Crippen LogP contribution in [0.1, 0.15) is 95.7 Å². The van der Waals surface area contributed by atoms with Crippen LogP contribution < -0.4 is 24.8 Å². The first-order valence-corrected chi connectivity index (χ1v) is 22.8. The van der Waals surface area contributed by atoms with Crippen molar-refractivity contribution in [3.05, 3.63) is 81.9 Å². The van der Waals surface area contributed by atoms with Crippen LogP contribution in [0.25, 0.3) is 12.2 Å². The molecule has 179 valence electrons. The molecule has 2 aliphatic carbocycles. The second-order valence-electron chi connectivity index (χ2n) is 8.91. The van der Waals surface area contributed by atoms with Gasteiger partial charge in [0.1, 0.15) is 0 Å². The fourth-order valence-corrected chi connectivity index (χ4v) is 25.7. The minimum absolute atomic E-state index is 0. The standard InChI is InChI=1S/2C11H11.C6H14.CH5Si.2ClH.Zr/c2*1-2-9-7-10-5-3-4-6-11(10)8-9;1-3-5-6-4-2;1-2;;;/h2*3-8H,2H2,1H3;3-6H2,1-2H3;2H2,1H3;2*1H;/q;;;;;;+2/p-2. The van der Waals surface area contributed by atoms with Crippen LogP contribution in [-0.4, -0.2) is 6.65 Å². The minimum atomic E-state index is -1.66. The summed E-state index contributed by atoms with van der Waals surface area (Å²) in [6.45, 7) is 11.8. The zero-order valence-electron chi connectivity index (χ0n) is 21.1. The average molecular weight is 580 g/mol. The molecule has 0 N–H and O–H groups in total. The van der Waals surface area contributed by atoms with E-state index in [0.29, 0.717) is 0 Å². The molecule has 2 atom stereocenters. The van der Waals surface area contributed by atoms with E-state index in [1.54, 1.807) is 22.3 Å². The summed E-state index contributed by atoms with van der Waals surface area (Å²) >= 11 is -1.66. The van der Waals surface area contributed by atoms with Crippen molar-refractivity contribution < 1.29 is 45.7 Å². The SMILES string of the molecule is CCC1=Cc2ccccc2[CH]1[Zr+2]([SiH2]C)[CH]1C(CC)=Cc2ccccc21.CCCCCC.[Cl-].[Cl-]. The third kappa shape index (κ3) is 7.07. The van der Waals surface area contributed by atoms with Crippen molar-refractivity contribution in [2.75, 3.05) is 0 Å². The molecule has 2 aromatic carbocycles. The Morgan fingerprint density at radius 3 is 1.39 bits per heavy atom. The number of rotatable bonds is 8. The molecule has 4 rings (SSSR count). The van der Waals surface area contributed by atoms with Crippen LogP contribution in [0.2, 0.25) is 6.55 Å². The van der Waals surface area contributed by atoms with Crippen molar-refractivity contribution in [1.29, 1.82) is 0 Å². The summed E-state index contributed by atoms with van der Waals surface area (Å²) in [7, 11) is 0. The topological polar surface area (TPSA) is 0 Å². The largest absolute Gasteiger partial charge is 1.00 e. The van der Waals surface area contributed by atoms with Gasteiger partial charge in [0, 0.05) is 0 Å². The maximum absolute atomic E-state index is 2.61. The molecule has 0 saturated carbocycles. The zero-order valence-corrected chi connectivity index (χ0v) is 26.5. The summed E-state index contributed by atoms with van der Waals surface area (Å²) in [5.41, 5.74) is 9.84. The summed E-state index contributed by atoms with van der Waals surface area (Å²) in [5, 5.41) is 0. The van der Waals surface area contributed by atoms with Crippen molar-refractivity contribution in [1.82, 2.24) is 0 Å². The summed E-state index contributed by atoms with van der Waals surface area (Å²) < 4.78 is 1.65. The number of halogens is 2. The van der Waals surface area contributed by atoms with Crippen LogP contribution in [0.5, 0.6) is 0 Å². The van der Waals surface area contributed by atoms with Gasteiger partial charge in [-0.15, -0.1) is 0 Å². The van der Waals surface area contributed by atoms with Crippen molar-refractivity contribution in [2.24, 2.45) is 0 Å². The quantitative estimate of drug-likeness (QED) is 0.333. The van der Waals surface area contributed by atoms with Crippen LogP contribution in [0.15, 0.2) is 59.7 Å². The van der Waals surface area contributed by atoms with Crippen molar-refractivity contribution in [2.45, 2.75) is 80.0 Å². The van der Waals surface area contributed by atoms with Gasteiger partial charge in [-0.25, -0.2) is 0 Å². The molecule has 0 nitrogen and oxygen atoms in total. The third-order valence-electron chi connectivity index (χ3n) is 6.96. The number of hydrogen-bond donors (Lipinski definition) is 0. The van der Waals surface area contributed by atoms with Gasteiger partial charge in [-0.1, -0.05) is 39.5 Å². The van der Waals surface area contributed by atoms with Crippen molar-refractivity contribution >= 4 is 18.8 Å². The zero-order chi connectivity index (χ0) is 22.2. The van der Waals surface area contributed by atoms with Crippen LogP contribution in [0.3, 0.4) is 0 Å². The van der Waals surface area contributed by atoms with E-state index in [4.69, 9.17) is 0 Å². The fraction of sp³-hybridized carbons (Fsp3) is 0.448. The third-order valence-corrected chi connectivity index (χ3v) is 25.6. The Morgan fingerprint density at radius 1 is 0.667 bits per heavy atom. The summed E-state index contributed by atoms with van der Waals surface area (Å²) in [5.74, 6) is 0. The van der Waals surface area contributed by atoms with Gasteiger partial charge < -0.3 is 24.8 Å². The maximum atomic E-state index is 2.61. The Morgan fingerprint density at radius 2 is 1.06 bits per heavy atom. The van der Waals surface area contributed by atoms with Gasteiger partial charge >= 0.3 is 162 Å². The molecule has 0 aromatic heterocycles. The first kappa shape index (κ1) is 30.6. The van der Waals surface area contributed by atoms with Gasteiger partial charge in [0.25, 0.3) is 0 Å². The molecule has 0 amide bonds. The molecule has 0 aliphatic heterocycles. The van der Waals surface area contributed by atoms with Gasteiger partial charge in [0.05, 0.1) is 0 Å². The summed E-state index contributed by atoms with van der Waals surface area (Å²) in [4.78, 5) is 0. The summed E-state index contributed by atoms with van der Waals surface area (Å²) in [6, 6.07) is 18.5. The van der Waals surface area contributed by atoms with E-state index in [0.717, 1.165) is 7.25 Å². The molecule has 33 heavy (non-hydrogen) atoms. The number of hydrogen-bond acceptors (Lipinski definition) is 0. The molecule has 0 saturated heterocycles. The van der Waals surface area contributed by atoms with Crippen LogP contribution >= 0.6 is 0 Å². The van der Waals surface area contributed by atoms with E-state index < -0.39 is 20.9 Å². The predicted octanol–water partition coefficient (Wildman–Crippen LogP) is 2.43. The van der Waals surface area contributed by atoms with E-state index in [1.807, 2.05) is 0 Å². The Balaban J connectivity index is 0.000000608. The van der Waals surface area contributed by atoms with Gasteiger partial charge in [0.2, 0.25) is 0 Å². The normalized spacial score (nSPS) is 17.7. The Kier molecular flexibility index (Phi) is 14.4. The molecule has 2 aliphatic rings. The number of allylic oxidation sites excluding steroid dienone is 2. The van der Waals surface area contributed by atoms with Crippen LogP contribution in [0.4, 0.5) is 0 Å². The maximum Gasteiger partial charge on any atom is -0.0536 e. The van der Waals surface area contributed by atoms with E-state index in [2.05, 4.69) is 94.9 Å². The minimum Gasteiger partial charge on any atom is -1.00 e. The predicted molar refractivity (Wildman–Crippen MR) is 139 cm³/mol. The molecule has 0 heterocycles. The molecular weight excluding hydrogens is 539 g/mol. The van der Waals surface area contributed by atoms with E-state index in [-0.39, 0.29) is 31.5 Å². The molecule has 2 unspecified atom stereocenters. The first-order chi connectivity index (χ1) is 15.2. The second kappa shape index (κ2) is 15.6. The smallest absolute Gasteiger partial charge is 0.0536 e. The molecule has 0 spiro atoms. The summed E-state index contributed by atoms with van der Waals surface area (Å²) in [6.07, 6.45) is 13.0. The van der Waals surface area contributed by atoms with Crippen LogP contribution in [-0.2, 0) is 20.9 Å². The van der Waals surface area contributed by atoms with Crippen molar-refractivity contribution in [3.8, 4) is 0 Å². The first-order valence-electron chi connectivity index (χ1n) is 12.6. The molecule has 0 bridgehead atoms. The molecule has 4 heteroatoms. The van der Waals surface area contributed by atoms with Gasteiger partial charge in [0.15, 0.2) is 0 Å². The van der Waals surface area contributed by atoms with E-state index in [9.17, 15) is 0 Å². The van der Waals surface area contributed by atoms with Gasteiger partial charge in [-0.3, -0.25) is 0 Å². The van der Waals surface area contributed by atoms with Crippen molar-refractivity contribution in [3.63, 3.8) is 0 Å². The van der Waals surface area contributed by atoms with E-state index in [1.165, 1.54) is 49.7 Å². The number of benzene rings is 2.